The summed E-state index contributed by atoms with van der Waals surface area (Å²) in [6.45, 7) is 0. The van der Waals surface area contributed by atoms with Crippen LogP contribution in [-0.4, -0.2) is 22.7 Å². The van der Waals surface area contributed by atoms with Crippen molar-refractivity contribution < 1.29 is 14.3 Å². The van der Waals surface area contributed by atoms with Gasteiger partial charge in [0, 0.05) is 29.2 Å². The molecular formula is C23H17N3O3S. The molecule has 0 aliphatic heterocycles. The number of nitrogens with zero attached hydrogens (tertiary/aromatic N) is 2. The van der Waals surface area contributed by atoms with Crippen LogP contribution < -0.4 is 10.2 Å². The summed E-state index contributed by atoms with van der Waals surface area (Å²) in [7, 11) is 0. The maximum absolute atomic E-state index is 12.3. The molecule has 1 amide bonds. The van der Waals surface area contributed by atoms with Gasteiger partial charge in [-0.05, 0) is 60.0 Å². The van der Waals surface area contributed by atoms with Crippen LogP contribution in [0.25, 0.3) is 5.69 Å². The normalized spacial score (nSPS) is 10.8. The van der Waals surface area contributed by atoms with E-state index in [4.69, 9.17) is 4.74 Å². The molecule has 148 valence electrons. The van der Waals surface area contributed by atoms with Crippen molar-refractivity contribution in [2.45, 2.75) is 0 Å². The molecule has 4 aromatic rings. The molecule has 0 bridgehead atoms. The molecule has 7 heteroatoms. The Morgan fingerprint density at radius 2 is 1.70 bits per heavy atom. The van der Waals surface area contributed by atoms with Crippen LogP contribution in [0.3, 0.4) is 0 Å². The third-order valence-electron chi connectivity index (χ3n) is 4.25. The highest BCUT2D eigenvalue weighted by molar-refractivity contribution is 7.12. The first-order valence-electron chi connectivity index (χ1n) is 9.12. The Bertz CT molecular complexity index is 1160. The molecule has 0 saturated carbocycles. The molecule has 0 saturated heterocycles. The van der Waals surface area contributed by atoms with Gasteiger partial charge in [-0.1, -0.05) is 18.2 Å². The van der Waals surface area contributed by atoms with Gasteiger partial charge in [0.15, 0.2) is 0 Å². The lowest BCUT2D eigenvalue weighted by Gasteiger charge is -2.06. The number of thiophene rings is 1. The second-order valence-corrected chi connectivity index (χ2v) is 7.19. The molecule has 1 N–H and O–H groups in total. The first kappa shape index (κ1) is 19.4. The molecule has 0 aliphatic rings. The standard InChI is InChI=1S/C23H17N3O3S/c27-22(17-9-11-19(12-10-17)26-13-3-4-14-26)25-24-16-18-6-1-2-7-20(18)29-23(28)21-8-5-15-30-21/h1-16H,(H,25,27)/b24-16+. The van der Waals surface area contributed by atoms with Gasteiger partial charge >= 0.3 is 5.97 Å². The van der Waals surface area contributed by atoms with E-state index in [1.807, 2.05) is 46.6 Å². The SMILES string of the molecule is O=C(N/N=C/c1ccccc1OC(=O)c1cccs1)c1ccc(-n2cccc2)cc1. The number of hydrogen-bond donors (Lipinski definition) is 1. The monoisotopic (exact) mass is 415 g/mol. The number of hydrazone groups is 1. The summed E-state index contributed by atoms with van der Waals surface area (Å²) in [5.41, 5.74) is 4.52. The molecule has 0 fully saturated rings. The Morgan fingerprint density at radius 3 is 2.43 bits per heavy atom. The number of carbonyl (C=O) groups is 2. The number of para-hydroxylation sites is 1. The minimum Gasteiger partial charge on any atom is -0.422 e. The van der Waals surface area contributed by atoms with Crippen LogP contribution >= 0.6 is 11.3 Å². The lowest BCUT2D eigenvalue weighted by atomic mass is 10.2. The minimum atomic E-state index is -0.433. The maximum Gasteiger partial charge on any atom is 0.353 e. The van der Waals surface area contributed by atoms with E-state index in [2.05, 4.69) is 10.5 Å². The first-order chi connectivity index (χ1) is 14.7. The average Bonchev–Trinajstić information content (AvgIpc) is 3.49. The topological polar surface area (TPSA) is 72.7 Å². The van der Waals surface area contributed by atoms with E-state index in [-0.39, 0.29) is 5.91 Å². The van der Waals surface area contributed by atoms with Gasteiger partial charge in [0.05, 0.1) is 6.21 Å². The molecule has 2 aromatic heterocycles. The molecule has 30 heavy (non-hydrogen) atoms. The molecule has 2 aromatic carbocycles. The van der Waals surface area contributed by atoms with Gasteiger partial charge in [-0.3, -0.25) is 4.79 Å². The number of benzene rings is 2. The molecule has 0 atom stereocenters. The van der Waals surface area contributed by atoms with E-state index in [1.165, 1.54) is 17.6 Å². The first-order valence-corrected chi connectivity index (χ1v) is 10.0. The molecule has 0 radical (unpaired) electrons. The van der Waals surface area contributed by atoms with E-state index < -0.39 is 5.97 Å². The average molecular weight is 415 g/mol. The van der Waals surface area contributed by atoms with Crippen LogP contribution in [0.5, 0.6) is 5.75 Å². The highest BCUT2D eigenvalue weighted by atomic mass is 32.1. The van der Waals surface area contributed by atoms with Crippen LogP contribution in [-0.2, 0) is 0 Å². The van der Waals surface area contributed by atoms with Gasteiger partial charge in [-0.25, -0.2) is 10.2 Å². The van der Waals surface area contributed by atoms with Gasteiger partial charge in [-0.2, -0.15) is 5.10 Å². The van der Waals surface area contributed by atoms with Crippen molar-refractivity contribution >= 4 is 29.4 Å². The number of amides is 1. The lowest BCUT2D eigenvalue weighted by Crippen LogP contribution is -2.17. The van der Waals surface area contributed by atoms with Crippen LogP contribution in [0.1, 0.15) is 25.6 Å². The summed E-state index contributed by atoms with van der Waals surface area (Å²) in [5, 5.41) is 5.81. The number of hydrogen-bond acceptors (Lipinski definition) is 5. The summed E-state index contributed by atoms with van der Waals surface area (Å²) in [6.07, 6.45) is 5.31. The fourth-order valence-electron chi connectivity index (χ4n) is 2.74. The second-order valence-electron chi connectivity index (χ2n) is 6.24. The summed E-state index contributed by atoms with van der Waals surface area (Å²) < 4.78 is 7.40. The molecular weight excluding hydrogens is 398 g/mol. The van der Waals surface area contributed by atoms with Gasteiger partial charge < -0.3 is 9.30 Å². The zero-order valence-corrected chi connectivity index (χ0v) is 16.6. The largest absolute Gasteiger partial charge is 0.422 e. The van der Waals surface area contributed by atoms with E-state index in [1.54, 1.807) is 48.5 Å². The summed E-state index contributed by atoms with van der Waals surface area (Å²) in [6, 6.07) is 21.5. The number of ether oxygens (including phenoxy) is 1. The summed E-state index contributed by atoms with van der Waals surface area (Å²) in [5.74, 6) is -0.402. The third kappa shape index (κ3) is 4.53. The maximum atomic E-state index is 12.3. The number of carbonyl (C=O) groups excluding carboxylic acids is 2. The third-order valence-corrected chi connectivity index (χ3v) is 5.10. The smallest absolute Gasteiger partial charge is 0.353 e. The summed E-state index contributed by atoms with van der Waals surface area (Å²) >= 11 is 1.31. The van der Waals surface area contributed by atoms with Crippen LogP contribution in [0.15, 0.2) is 95.7 Å². The Morgan fingerprint density at radius 1 is 0.933 bits per heavy atom. The van der Waals surface area contributed by atoms with Crippen LogP contribution in [0, 0.1) is 0 Å². The van der Waals surface area contributed by atoms with Crippen molar-refractivity contribution in [2.75, 3.05) is 0 Å². The molecule has 0 unspecified atom stereocenters. The van der Waals surface area contributed by atoms with Crippen molar-refractivity contribution in [3.8, 4) is 11.4 Å². The zero-order chi connectivity index (χ0) is 20.8. The fourth-order valence-corrected chi connectivity index (χ4v) is 3.34. The van der Waals surface area contributed by atoms with Crippen molar-refractivity contribution in [1.82, 2.24) is 9.99 Å². The van der Waals surface area contributed by atoms with Crippen molar-refractivity contribution in [3.63, 3.8) is 0 Å². The Labute approximate surface area is 177 Å². The number of aromatic nitrogens is 1. The predicted molar refractivity (Wildman–Crippen MR) is 117 cm³/mol. The predicted octanol–water partition coefficient (Wildman–Crippen LogP) is 4.52. The molecule has 6 nitrogen and oxygen atoms in total. The highest BCUT2D eigenvalue weighted by Gasteiger charge is 2.11. The second kappa shape index (κ2) is 9.02. The zero-order valence-electron chi connectivity index (χ0n) is 15.8. The van der Waals surface area contributed by atoms with Crippen molar-refractivity contribution in [1.29, 1.82) is 0 Å². The van der Waals surface area contributed by atoms with Crippen LogP contribution in [0.4, 0.5) is 0 Å². The molecule has 0 aliphatic carbocycles. The fraction of sp³-hybridized carbons (Fsp3) is 0. The van der Waals surface area contributed by atoms with Gasteiger partial charge in [-0.15, -0.1) is 11.3 Å². The van der Waals surface area contributed by atoms with Gasteiger partial charge in [0.1, 0.15) is 10.6 Å². The van der Waals surface area contributed by atoms with Crippen LogP contribution in [0.2, 0.25) is 0 Å². The van der Waals surface area contributed by atoms with E-state index >= 15 is 0 Å². The molecule has 2 heterocycles. The number of nitrogens with one attached hydrogen (secondary N) is 1. The minimum absolute atomic E-state index is 0.335. The lowest BCUT2D eigenvalue weighted by molar-refractivity contribution is 0.0739. The number of esters is 1. The highest BCUT2D eigenvalue weighted by Crippen LogP contribution is 2.19. The molecule has 0 spiro atoms. The Hall–Kier alpha value is -3.97. The quantitative estimate of drug-likeness (QED) is 0.218. The van der Waals surface area contributed by atoms with E-state index in [0.717, 1.165) is 5.69 Å². The van der Waals surface area contributed by atoms with Crippen molar-refractivity contribution in [2.24, 2.45) is 5.10 Å². The Kier molecular flexibility index (Phi) is 5.82. The van der Waals surface area contributed by atoms with Gasteiger partial charge in [0.2, 0.25) is 0 Å². The molecule has 4 rings (SSSR count). The number of rotatable bonds is 6. The van der Waals surface area contributed by atoms with E-state index in [0.29, 0.717) is 21.8 Å². The van der Waals surface area contributed by atoms with Crippen molar-refractivity contribution in [3.05, 3.63) is 107 Å². The summed E-state index contributed by atoms with van der Waals surface area (Å²) in [4.78, 5) is 25.0. The van der Waals surface area contributed by atoms with E-state index in [9.17, 15) is 9.59 Å². The Balaban J connectivity index is 1.41. The van der Waals surface area contributed by atoms with Gasteiger partial charge in [0.25, 0.3) is 5.91 Å².